The molecule has 4 heteroatoms. The van der Waals surface area contributed by atoms with Gasteiger partial charge in [0.1, 0.15) is 5.75 Å². The lowest BCUT2D eigenvalue weighted by Crippen LogP contribution is -2.00. The Morgan fingerprint density at radius 1 is 1.00 bits per heavy atom. The van der Waals surface area contributed by atoms with Crippen LogP contribution < -0.4 is 14.8 Å². The van der Waals surface area contributed by atoms with E-state index in [0.29, 0.717) is 18.0 Å². The van der Waals surface area contributed by atoms with Gasteiger partial charge >= 0.3 is 0 Å². The van der Waals surface area contributed by atoms with E-state index in [9.17, 15) is 5.11 Å². The Bertz CT molecular complexity index is 697. The Morgan fingerprint density at radius 3 is 2.71 bits per heavy atom. The van der Waals surface area contributed by atoms with Gasteiger partial charge in [-0.15, -0.1) is 0 Å². The quantitative estimate of drug-likeness (QED) is 0.908. The predicted octanol–water partition coefficient (Wildman–Crippen LogP) is 3.22. The van der Waals surface area contributed by atoms with Crippen molar-refractivity contribution in [3.8, 4) is 17.2 Å². The molecule has 0 spiro atoms. The summed E-state index contributed by atoms with van der Waals surface area (Å²) in [5.41, 5.74) is 4.80. The monoisotopic (exact) mass is 283 g/mol. The molecule has 1 heterocycles. The van der Waals surface area contributed by atoms with Crippen molar-refractivity contribution >= 4 is 5.69 Å². The summed E-state index contributed by atoms with van der Waals surface area (Å²) in [6.07, 6.45) is 3.61. The van der Waals surface area contributed by atoms with Crippen LogP contribution in [0.25, 0.3) is 0 Å². The third kappa shape index (κ3) is 2.27. The van der Waals surface area contributed by atoms with E-state index in [1.807, 2.05) is 6.07 Å². The first-order valence-corrected chi connectivity index (χ1v) is 7.27. The second-order valence-corrected chi connectivity index (χ2v) is 5.52. The molecule has 2 aliphatic rings. The van der Waals surface area contributed by atoms with Crippen molar-refractivity contribution in [2.75, 3.05) is 12.1 Å². The normalized spacial score (nSPS) is 15.0. The molecule has 0 saturated carbocycles. The highest BCUT2D eigenvalue weighted by atomic mass is 16.7. The number of fused-ring (bicyclic) bond motifs is 2. The van der Waals surface area contributed by atoms with Gasteiger partial charge in [0.05, 0.1) is 0 Å². The second kappa shape index (κ2) is 4.88. The first kappa shape index (κ1) is 12.4. The number of phenolic OH excluding ortho intramolecular Hbond substituents is 1. The maximum absolute atomic E-state index is 10.0. The average molecular weight is 283 g/mol. The topological polar surface area (TPSA) is 50.7 Å². The molecule has 0 saturated heterocycles. The van der Waals surface area contributed by atoms with Crippen molar-refractivity contribution in [1.29, 1.82) is 0 Å². The Hall–Kier alpha value is -2.36. The van der Waals surface area contributed by atoms with Crippen molar-refractivity contribution < 1.29 is 14.6 Å². The lowest BCUT2D eigenvalue weighted by Gasteiger charge is -2.10. The molecule has 0 amide bonds. The van der Waals surface area contributed by atoms with E-state index in [0.717, 1.165) is 11.3 Å². The summed E-state index contributed by atoms with van der Waals surface area (Å²) in [5, 5.41) is 13.4. The maximum Gasteiger partial charge on any atom is 0.231 e. The van der Waals surface area contributed by atoms with Crippen LogP contribution in [-0.2, 0) is 19.4 Å². The van der Waals surface area contributed by atoms with E-state index in [-0.39, 0.29) is 12.5 Å². The van der Waals surface area contributed by atoms with Crippen LogP contribution in [0.5, 0.6) is 17.2 Å². The molecule has 4 rings (SSSR count). The molecule has 0 radical (unpaired) electrons. The van der Waals surface area contributed by atoms with Gasteiger partial charge in [0.25, 0.3) is 0 Å². The maximum atomic E-state index is 10.0. The van der Waals surface area contributed by atoms with E-state index >= 15 is 0 Å². The number of ether oxygens (including phenoxy) is 2. The molecule has 0 fully saturated rings. The number of rotatable bonds is 3. The molecule has 2 aromatic carbocycles. The first-order valence-electron chi connectivity index (χ1n) is 7.27. The van der Waals surface area contributed by atoms with E-state index < -0.39 is 0 Å². The van der Waals surface area contributed by atoms with Crippen LogP contribution >= 0.6 is 0 Å². The van der Waals surface area contributed by atoms with Gasteiger partial charge in [-0.05, 0) is 48.6 Å². The lowest BCUT2D eigenvalue weighted by atomic mass is 10.1. The minimum atomic E-state index is 0.219. The standard InChI is InChI=1S/C17H17NO3/c19-15-8-17-16(20-10-21-17)7-13(15)9-18-14-5-4-11-2-1-3-12(11)6-14/h4-8,18-19H,1-3,9-10H2. The van der Waals surface area contributed by atoms with E-state index in [4.69, 9.17) is 9.47 Å². The average Bonchev–Trinajstić information content (AvgIpc) is 3.12. The summed E-state index contributed by atoms with van der Waals surface area (Å²) in [6, 6.07) is 9.96. The Balaban J connectivity index is 1.52. The highest BCUT2D eigenvalue weighted by Crippen LogP contribution is 2.37. The van der Waals surface area contributed by atoms with Gasteiger partial charge in [0, 0.05) is 23.9 Å². The summed E-state index contributed by atoms with van der Waals surface area (Å²) in [5.74, 6) is 1.53. The van der Waals surface area contributed by atoms with Gasteiger partial charge in [-0.3, -0.25) is 0 Å². The summed E-state index contributed by atoms with van der Waals surface area (Å²) in [7, 11) is 0. The minimum Gasteiger partial charge on any atom is -0.507 e. The van der Waals surface area contributed by atoms with Crippen LogP contribution in [-0.4, -0.2) is 11.9 Å². The highest BCUT2D eigenvalue weighted by Gasteiger charge is 2.17. The van der Waals surface area contributed by atoms with Gasteiger partial charge < -0.3 is 19.9 Å². The Labute approximate surface area is 123 Å². The molecule has 1 aliphatic carbocycles. The van der Waals surface area contributed by atoms with Crippen molar-refractivity contribution in [1.82, 2.24) is 0 Å². The van der Waals surface area contributed by atoms with Crippen LogP contribution in [0.15, 0.2) is 30.3 Å². The van der Waals surface area contributed by atoms with Crippen molar-refractivity contribution in [3.05, 3.63) is 47.0 Å². The number of anilines is 1. The number of nitrogens with one attached hydrogen (secondary N) is 1. The van der Waals surface area contributed by atoms with Gasteiger partial charge in [0.15, 0.2) is 11.5 Å². The van der Waals surface area contributed by atoms with Gasteiger partial charge in [-0.1, -0.05) is 6.07 Å². The molecule has 1 aliphatic heterocycles. The first-order chi connectivity index (χ1) is 10.3. The SMILES string of the molecule is Oc1cc2c(cc1CNc1ccc3c(c1)CCC3)OCO2. The van der Waals surface area contributed by atoms with Crippen LogP contribution in [0.3, 0.4) is 0 Å². The van der Waals surface area contributed by atoms with Crippen molar-refractivity contribution in [2.24, 2.45) is 0 Å². The summed E-state index contributed by atoms with van der Waals surface area (Å²) >= 11 is 0. The zero-order valence-electron chi connectivity index (χ0n) is 11.7. The number of phenols is 1. The number of aryl methyl sites for hydroxylation is 2. The molecular weight excluding hydrogens is 266 g/mol. The van der Waals surface area contributed by atoms with Crippen molar-refractivity contribution in [2.45, 2.75) is 25.8 Å². The molecule has 0 aromatic heterocycles. The fourth-order valence-electron chi connectivity index (χ4n) is 2.99. The van der Waals surface area contributed by atoms with Gasteiger partial charge in [0.2, 0.25) is 6.79 Å². The van der Waals surface area contributed by atoms with Crippen LogP contribution in [0.4, 0.5) is 5.69 Å². The number of hydrogen-bond donors (Lipinski definition) is 2. The van der Waals surface area contributed by atoms with Crippen LogP contribution in [0, 0.1) is 0 Å². The molecule has 2 aromatic rings. The number of benzene rings is 2. The summed E-state index contributed by atoms with van der Waals surface area (Å²) < 4.78 is 10.6. The minimum absolute atomic E-state index is 0.219. The van der Waals surface area contributed by atoms with E-state index in [1.165, 1.54) is 30.4 Å². The molecule has 21 heavy (non-hydrogen) atoms. The fourth-order valence-corrected chi connectivity index (χ4v) is 2.99. The molecule has 4 nitrogen and oxygen atoms in total. The summed E-state index contributed by atoms with van der Waals surface area (Å²) in [4.78, 5) is 0. The van der Waals surface area contributed by atoms with Gasteiger partial charge in [-0.25, -0.2) is 0 Å². The number of hydrogen-bond acceptors (Lipinski definition) is 4. The van der Waals surface area contributed by atoms with Gasteiger partial charge in [-0.2, -0.15) is 0 Å². The zero-order chi connectivity index (χ0) is 14.2. The van der Waals surface area contributed by atoms with E-state index in [2.05, 4.69) is 23.5 Å². The largest absolute Gasteiger partial charge is 0.507 e. The van der Waals surface area contributed by atoms with Crippen LogP contribution in [0.1, 0.15) is 23.1 Å². The highest BCUT2D eigenvalue weighted by molar-refractivity contribution is 5.54. The molecule has 2 N–H and O–H groups in total. The Morgan fingerprint density at radius 2 is 1.81 bits per heavy atom. The third-order valence-electron chi connectivity index (χ3n) is 4.16. The summed E-state index contributed by atoms with van der Waals surface area (Å²) in [6.45, 7) is 0.776. The third-order valence-corrected chi connectivity index (χ3v) is 4.16. The van der Waals surface area contributed by atoms with Crippen LogP contribution in [0.2, 0.25) is 0 Å². The zero-order valence-corrected chi connectivity index (χ0v) is 11.7. The smallest absolute Gasteiger partial charge is 0.231 e. The predicted molar refractivity (Wildman–Crippen MR) is 80.0 cm³/mol. The molecule has 0 atom stereocenters. The molecule has 0 bridgehead atoms. The fraction of sp³-hybridized carbons (Fsp3) is 0.294. The molecular formula is C17H17NO3. The molecule has 108 valence electrons. The molecule has 0 unspecified atom stereocenters. The lowest BCUT2D eigenvalue weighted by molar-refractivity contribution is 0.174. The second-order valence-electron chi connectivity index (χ2n) is 5.52. The Kier molecular flexibility index (Phi) is 2.88. The number of aromatic hydroxyl groups is 1. The van der Waals surface area contributed by atoms with Crippen molar-refractivity contribution in [3.63, 3.8) is 0 Å². The van der Waals surface area contributed by atoms with E-state index in [1.54, 1.807) is 6.07 Å².